The summed E-state index contributed by atoms with van der Waals surface area (Å²) in [5.41, 5.74) is 1.42. The van der Waals surface area contributed by atoms with Gasteiger partial charge in [-0.1, -0.05) is 19.1 Å². The van der Waals surface area contributed by atoms with Crippen molar-refractivity contribution in [2.45, 2.75) is 20.3 Å². The average molecular weight is 222 g/mol. The van der Waals surface area contributed by atoms with E-state index in [-0.39, 0.29) is 5.78 Å². The van der Waals surface area contributed by atoms with Gasteiger partial charge in [0, 0.05) is 5.56 Å². The minimum absolute atomic E-state index is 0.0668. The fraction of sp³-hybridized carbons (Fsp3) is 0.333. The van der Waals surface area contributed by atoms with Crippen molar-refractivity contribution in [3.05, 3.63) is 29.3 Å². The van der Waals surface area contributed by atoms with Gasteiger partial charge in [-0.15, -0.1) is 0 Å². The van der Waals surface area contributed by atoms with Gasteiger partial charge >= 0.3 is 5.97 Å². The maximum absolute atomic E-state index is 11.2. The maximum Gasteiger partial charge on any atom is 0.341 e. The van der Waals surface area contributed by atoms with Crippen molar-refractivity contribution < 1.29 is 19.4 Å². The molecule has 0 aliphatic heterocycles. The van der Waals surface area contributed by atoms with E-state index in [1.165, 1.54) is 6.92 Å². The molecule has 1 aromatic rings. The van der Waals surface area contributed by atoms with Gasteiger partial charge in [-0.3, -0.25) is 4.79 Å². The van der Waals surface area contributed by atoms with Gasteiger partial charge in [0.05, 0.1) is 0 Å². The molecule has 86 valence electrons. The first kappa shape index (κ1) is 12.2. The van der Waals surface area contributed by atoms with Gasteiger partial charge in [-0.05, 0) is 25.0 Å². The minimum Gasteiger partial charge on any atom is -0.482 e. The SMILES string of the molecule is CCc1ccc(C(C)=O)cc1OCC(=O)O. The highest BCUT2D eigenvalue weighted by molar-refractivity contribution is 5.94. The largest absolute Gasteiger partial charge is 0.482 e. The highest BCUT2D eigenvalue weighted by atomic mass is 16.5. The molecule has 4 nitrogen and oxygen atoms in total. The lowest BCUT2D eigenvalue weighted by atomic mass is 10.1. The molecule has 1 N–H and O–H groups in total. The molecule has 0 bridgehead atoms. The lowest BCUT2D eigenvalue weighted by molar-refractivity contribution is -0.139. The number of hydrogen-bond donors (Lipinski definition) is 1. The van der Waals surface area contributed by atoms with Crippen molar-refractivity contribution in [1.29, 1.82) is 0 Å². The van der Waals surface area contributed by atoms with Crippen LogP contribution in [0, 0.1) is 0 Å². The summed E-state index contributed by atoms with van der Waals surface area (Å²) >= 11 is 0. The first-order valence-electron chi connectivity index (χ1n) is 5.03. The van der Waals surface area contributed by atoms with E-state index < -0.39 is 12.6 Å². The molecule has 4 heteroatoms. The molecule has 0 saturated heterocycles. The molecule has 16 heavy (non-hydrogen) atoms. The van der Waals surface area contributed by atoms with Crippen LogP contribution in [0.2, 0.25) is 0 Å². The van der Waals surface area contributed by atoms with Crippen molar-refractivity contribution in [2.24, 2.45) is 0 Å². The number of carbonyl (C=O) groups is 2. The lowest BCUT2D eigenvalue weighted by Gasteiger charge is -2.09. The lowest BCUT2D eigenvalue weighted by Crippen LogP contribution is -2.11. The Morgan fingerprint density at radius 2 is 2.06 bits per heavy atom. The minimum atomic E-state index is -1.03. The van der Waals surface area contributed by atoms with Gasteiger partial charge in [-0.2, -0.15) is 0 Å². The van der Waals surface area contributed by atoms with Gasteiger partial charge in [0.2, 0.25) is 0 Å². The maximum atomic E-state index is 11.2. The van der Waals surface area contributed by atoms with Crippen molar-refractivity contribution >= 4 is 11.8 Å². The fourth-order valence-electron chi connectivity index (χ4n) is 1.34. The van der Waals surface area contributed by atoms with Gasteiger partial charge in [0.25, 0.3) is 0 Å². The molecular formula is C12H14O4. The molecule has 0 aliphatic rings. The van der Waals surface area contributed by atoms with E-state index in [0.29, 0.717) is 11.3 Å². The number of carboxylic acid groups (broad SMARTS) is 1. The number of carboxylic acids is 1. The highest BCUT2D eigenvalue weighted by Crippen LogP contribution is 2.21. The van der Waals surface area contributed by atoms with E-state index in [1.54, 1.807) is 18.2 Å². The molecule has 0 unspecified atom stereocenters. The van der Waals surface area contributed by atoms with Crippen molar-refractivity contribution in [1.82, 2.24) is 0 Å². The smallest absolute Gasteiger partial charge is 0.341 e. The van der Waals surface area contributed by atoms with E-state index in [4.69, 9.17) is 9.84 Å². The first-order valence-corrected chi connectivity index (χ1v) is 5.03. The van der Waals surface area contributed by atoms with Gasteiger partial charge in [-0.25, -0.2) is 4.79 Å². The molecule has 1 rings (SSSR count). The zero-order valence-electron chi connectivity index (χ0n) is 9.32. The molecule has 0 saturated carbocycles. The van der Waals surface area contributed by atoms with Crippen LogP contribution in [0.25, 0.3) is 0 Å². The quantitative estimate of drug-likeness (QED) is 0.773. The summed E-state index contributed by atoms with van der Waals surface area (Å²) in [6, 6.07) is 5.09. The van der Waals surface area contributed by atoms with Crippen LogP contribution in [0.15, 0.2) is 18.2 Å². The zero-order valence-corrected chi connectivity index (χ0v) is 9.32. The summed E-state index contributed by atoms with van der Waals surface area (Å²) < 4.78 is 5.13. The summed E-state index contributed by atoms with van der Waals surface area (Å²) in [6.07, 6.45) is 0.729. The summed E-state index contributed by atoms with van der Waals surface area (Å²) in [6.45, 7) is 3.01. The molecular weight excluding hydrogens is 208 g/mol. The Balaban J connectivity index is 2.97. The number of carbonyl (C=O) groups excluding carboxylic acids is 1. The second-order valence-corrected chi connectivity index (χ2v) is 3.41. The normalized spacial score (nSPS) is 9.88. The van der Waals surface area contributed by atoms with Crippen LogP contribution in [0.5, 0.6) is 5.75 Å². The van der Waals surface area contributed by atoms with Crippen LogP contribution < -0.4 is 4.74 Å². The third-order valence-corrected chi connectivity index (χ3v) is 2.21. The Labute approximate surface area is 93.9 Å². The Bertz CT molecular complexity index is 409. The molecule has 1 aromatic carbocycles. The Morgan fingerprint density at radius 3 is 2.56 bits per heavy atom. The monoisotopic (exact) mass is 222 g/mol. The van der Waals surface area contributed by atoms with Crippen molar-refractivity contribution in [2.75, 3.05) is 6.61 Å². The van der Waals surface area contributed by atoms with Gasteiger partial charge in [0.1, 0.15) is 5.75 Å². The second-order valence-electron chi connectivity index (χ2n) is 3.41. The molecule has 0 aromatic heterocycles. The topological polar surface area (TPSA) is 63.6 Å². The van der Waals surface area contributed by atoms with Crippen LogP contribution in [0.1, 0.15) is 29.8 Å². The Hall–Kier alpha value is -1.84. The Kier molecular flexibility index (Phi) is 4.05. The highest BCUT2D eigenvalue weighted by Gasteiger charge is 2.08. The van der Waals surface area contributed by atoms with E-state index in [1.807, 2.05) is 6.92 Å². The van der Waals surface area contributed by atoms with Crippen LogP contribution in [0.4, 0.5) is 0 Å². The number of hydrogen-bond acceptors (Lipinski definition) is 3. The van der Waals surface area contributed by atoms with Crippen molar-refractivity contribution in [3.63, 3.8) is 0 Å². The average Bonchev–Trinajstić information content (AvgIpc) is 2.25. The Morgan fingerprint density at radius 1 is 1.38 bits per heavy atom. The summed E-state index contributed by atoms with van der Waals surface area (Å²) in [5, 5.41) is 8.52. The van der Waals surface area contributed by atoms with Gasteiger partial charge < -0.3 is 9.84 Å². The number of ether oxygens (including phenoxy) is 1. The number of Topliss-reactive ketones (excluding diaryl/α,β-unsaturated/α-hetero) is 1. The molecule has 0 fully saturated rings. The summed E-state index contributed by atoms with van der Waals surface area (Å²) in [4.78, 5) is 21.6. The molecule has 0 radical (unpaired) electrons. The predicted molar refractivity (Wildman–Crippen MR) is 59.0 cm³/mol. The second kappa shape index (κ2) is 5.30. The summed E-state index contributed by atoms with van der Waals surface area (Å²) in [7, 11) is 0. The molecule has 0 spiro atoms. The van der Waals surface area contributed by atoms with Crippen LogP contribution in [-0.2, 0) is 11.2 Å². The molecule has 0 atom stereocenters. The standard InChI is InChI=1S/C12H14O4/c1-3-9-4-5-10(8(2)13)6-11(9)16-7-12(14)15/h4-6H,3,7H2,1-2H3,(H,14,15). The first-order chi connectivity index (χ1) is 7.54. The molecule has 0 amide bonds. The zero-order chi connectivity index (χ0) is 12.1. The molecule has 0 heterocycles. The third-order valence-electron chi connectivity index (χ3n) is 2.21. The van der Waals surface area contributed by atoms with Gasteiger partial charge in [0.15, 0.2) is 12.4 Å². The van der Waals surface area contributed by atoms with Crippen LogP contribution >= 0.6 is 0 Å². The summed E-state index contributed by atoms with van der Waals surface area (Å²) in [5.74, 6) is -0.629. The number of aryl methyl sites for hydroxylation is 1. The number of aliphatic carboxylic acids is 1. The number of rotatable bonds is 5. The van der Waals surface area contributed by atoms with Crippen LogP contribution in [0.3, 0.4) is 0 Å². The van der Waals surface area contributed by atoms with E-state index in [9.17, 15) is 9.59 Å². The third kappa shape index (κ3) is 3.08. The molecule has 0 aliphatic carbocycles. The van der Waals surface area contributed by atoms with Crippen LogP contribution in [-0.4, -0.2) is 23.5 Å². The number of ketones is 1. The van der Waals surface area contributed by atoms with E-state index >= 15 is 0 Å². The van der Waals surface area contributed by atoms with E-state index in [0.717, 1.165) is 12.0 Å². The predicted octanol–water partition coefficient (Wildman–Crippen LogP) is 1.92. The fourth-order valence-corrected chi connectivity index (χ4v) is 1.34. The number of benzene rings is 1. The van der Waals surface area contributed by atoms with E-state index in [2.05, 4.69) is 0 Å². The van der Waals surface area contributed by atoms with Crippen molar-refractivity contribution in [3.8, 4) is 5.75 Å².